The first-order valence-corrected chi connectivity index (χ1v) is 12.1. The molecule has 6 rings (SSSR count). The van der Waals surface area contributed by atoms with Crippen LogP contribution in [0.1, 0.15) is 49.0 Å². The van der Waals surface area contributed by atoms with Gasteiger partial charge in [-0.25, -0.2) is 0 Å². The Morgan fingerprint density at radius 2 is 2.21 bits per heavy atom. The molecule has 4 aliphatic rings. The Bertz CT molecular complexity index is 933. The van der Waals surface area contributed by atoms with Gasteiger partial charge in [0.25, 0.3) is 5.91 Å². The lowest BCUT2D eigenvalue weighted by molar-refractivity contribution is 0.00131. The van der Waals surface area contributed by atoms with Crippen LogP contribution in [0.2, 0.25) is 0 Å². The van der Waals surface area contributed by atoms with E-state index in [1.165, 1.54) is 37.8 Å². The van der Waals surface area contributed by atoms with Crippen LogP contribution in [0.25, 0.3) is 11.3 Å². The third-order valence-corrected chi connectivity index (χ3v) is 8.23. The van der Waals surface area contributed by atoms with Gasteiger partial charge in [-0.2, -0.15) is 16.4 Å². The summed E-state index contributed by atoms with van der Waals surface area (Å²) >= 11 is 1.65. The van der Waals surface area contributed by atoms with Crippen molar-refractivity contribution in [1.82, 2.24) is 20.0 Å². The van der Waals surface area contributed by atoms with Gasteiger partial charge in [0.1, 0.15) is 5.69 Å². The van der Waals surface area contributed by atoms with Crippen LogP contribution in [0.15, 0.2) is 34.5 Å². The fourth-order valence-electron chi connectivity index (χ4n) is 6.35. The first-order chi connectivity index (χ1) is 14.3. The SMILES string of the molecule is O=C(c1cc(-c2ccsc2)n[nH]1)N1CCCC2=C[C@H]3C[C@H](CN4CCCC[C@H]34)[C@@H]21. The van der Waals surface area contributed by atoms with E-state index in [9.17, 15) is 4.79 Å². The zero-order valence-electron chi connectivity index (χ0n) is 16.7. The normalized spacial score (nSPS) is 31.7. The highest BCUT2D eigenvalue weighted by atomic mass is 32.1. The Morgan fingerprint density at radius 1 is 1.24 bits per heavy atom. The number of nitrogens with one attached hydrogen (secondary N) is 1. The summed E-state index contributed by atoms with van der Waals surface area (Å²) in [6.07, 6.45) is 10.1. The Hall–Kier alpha value is -1.92. The molecule has 3 aliphatic heterocycles. The van der Waals surface area contributed by atoms with Gasteiger partial charge in [0, 0.05) is 30.1 Å². The number of amides is 1. The average Bonchev–Trinajstić information content (AvgIpc) is 3.45. The summed E-state index contributed by atoms with van der Waals surface area (Å²) in [7, 11) is 0. The number of hydrogen-bond donors (Lipinski definition) is 1. The van der Waals surface area contributed by atoms with Gasteiger partial charge < -0.3 is 4.90 Å². The highest BCUT2D eigenvalue weighted by Gasteiger charge is 2.47. The zero-order valence-corrected chi connectivity index (χ0v) is 17.5. The monoisotopic (exact) mass is 408 g/mol. The molecule has 0 radical (unpaired) electrons. The molecule has 0 saturated carbocycles. The maximum absolute atomic E-state index is 13.5. The van der Waals surface area contributed by atoms with Crippen LogP contribution >= 0.6 is 11.3 Å². The standard InChI is InChI=1S/C23H28N4OS/c28-23(20-12-19(24-25-20)16-6-9-29-14-16)27-8-3-4-15-10-17-11-18(22(15)27)13-26-7-2-1-5-21(17)26/h6,9-10,12,14,17-18,21-22H,1-5,7-8,11,13H2,(H,24,25)/t17-,18+,21+,22+/m0/s1. The summed E-state index contributed by atoms with van der Waals surface area (Å²) in [5.41, 5.74) is 4.10. The number of thiophene rings is 1. The van der Waals surface area contributed by atoms with Gasteiger partial charge in [0.15, 0.2) is 0 Å². The van der Waals surface area contributed by atoms with Gasteiger partial charge in [-0.05, 0) is 68.0 Å². The van der Waals surface area contributed by atoms with E-state index >= 15 is 0 Å². The highest BCUT2D eigenvalue weighted by molar-refractivity contribution is 7.08. The molecule has 0 unspecified atom stereocenters. The van der Waals surface area contributed by atoms with Crippen LogP contribution in [-0.4, -0.2) is 57.6 Å². The molecule has 2 aromatic rings. The Labute approximate surface area is 175 Å². The van der Waals surface area contributed by atoms with Crippen molar-refractivity contribution in [2.45, 2.75) is 50.6 Å². The van der Waals surface area contributed by atoms with Crippen LogP contribution in [0.5, 0.6) is 0 Å². The summed E-state index contributed by atoms with van der Waals surface area (Å²) in [6.45, 7) is 3.26. The second-order valence-electron chi connectivity index (χ2n) is 9.19. The molecule has 5 heterocycles. The molecule has 29 heavy (non-hydrogen) atoms. The van der Waals surface area contributed by atoms with Gasteiger partial charge in [-0.3, -0.25) is 14.8 Å². The minimum Gasteiger partial charge on any atom is -0.330 e. The molecule has 4 atom stereocenters. The number of hydrogen-bond acceptors (Lipinski definition) is 4. The summed E-state index contributed by atoms with van der Waals surface area (Å²) in [5, 5.41) is 11.5. The number of carbonyl (C=O) groups is 1. The number of H-pyrrole nitrogens is 1. The number of likely N-dealkylation sites (tertiary alicyclic amines) is 1. The topological polar surface area (TPSA) is 52.2 Å². The lowest BCUT2D eigenvalue weighted by Crippen LogP contribution is -2.60. The smallest absolute Gasteiger partial charge is 0.272 e. The third kappa shape index (κ3) is 2.99. The summed E-state index contributed by atoms with van der Waals surface area (Å²) in [4.78, 5) is 18.4. The number of aromatic nitrogens is 2. The highest BCUT2D eigenvalue weighted by Crippen LogP contribution is 2.45. The molecule has 152 valence electrons. The van der Waals surface area contributed by atoms with Crippen LogP contribution in [0.4, 0.5) is 0 Å². The largest absolute Gasteiger partial charge is 0.330 e. The predicted molar refractivity (Wildman–Crippen MR) is 115 cm³/mol. The number of rotatable bonds is 2. The van der Waals surface area contributed by atoms with Crippen LogP contribution < -0.4 is 0 Å². The van der Waals surface area contributed by atoms with Crippen molar-refractivity contribution >= 4 is 17.2 Å². The van der Waals surface area contributed by atoms with Crippen molar-refractivity contribution in [2.75, 3.05) is 19.6 Å². The van der Waals surface area contributed by atoms with E-state index in [4.69, 9.17) is 0 Å². The van der Waals surface area contributed by atoms with Gasteiger partial charge in [-0.15, -0.1) is 0 Å². The number of carbonyl (C=O) groups excluding carboxylic acids is 1. The van der Waals surface area contributed by atoms with Crippen molar-refractivity contribution in [2.24, 2.45) is 11.8 Å². The molecule has 2 aromatic heterocycles. The first kappa shape index (κ1) is 17.9. The Balaban J connectivity index is 1.29. The van der Waals surface area contributed by atoms with E-state index in [2.05, 4.69) is 37.5 Å². The molecule has 3 fully saturated rings. The second-order valence-corrected chi connectivity index (χ2v) is 9.97. The molecule has 5 nitrogen and oxygen atoms in total. The van der Waals surface area contributed by atoms with E-state index < -0.39 is 0 Å². The van der Waals surface area contributed by atoms with Gasteiger partial charge in [0.05, 0.1) is 11.7 Å². The number of fused-ring (bicyclic) bond motifs is 6. The average molecular weight is 409 g/mol. The van der Waals surface area contributed by atoms with E-state index in [0.29, 0.717) is 17.5 Å². The molecule has 0 aromatic carbocycles. The Morgan fingerprint density at radius 3 is 3.10 bits per heavy atom. The van der Waals surface area contributed by atoms with Crippen molar-refractivity contribution in [3.05, 3.63) is 40.2 Å². The third-order valence-electron chi connectivity index (χ3n) is 7.54. The molecular weight excluding hydrogens is 380 g/mol. The van der Waals surface area contributed by atoms with Gasteiger partial charge in [-0.1, -0.05) is 18.1 Å². The van der Waals surface area contributed by atoms with Crippen LogP contribution in [-0.2, 0) is 0 Å². The van der Waals surface area contributed by atoms with E-state index in [1.807, 2.05) is 11.4 Å². The molecule has 3 saturated heterocycles. The fraction of sp³-hybridized carbons (Fsp3) is 0.565. The van der Waals surface area contributed by atoms with E-state index in [0.717, 1.165) is 43.2 Å². The lowest BCUT2D eigenvalue weighted by atomic mass is 9.68. The molecule has 6 heteroatoms. The van der Waals surface area contributed by atoms with Gasteiger partial charge in [0.2, 0.25) is 0 Å². The van der Waals surface area contributed by atoms with E-state index in [-0.39, 0.29) is 11.9 Å². The summed E-state index contributed by atoms with van der Waals surface area (Å²) in [6, 6.07) is 5.01. The van der Waals surface area contributed by atoms with E-state index in [1.54, 1.807) is 11.3 Å². The number of nitrogens with zero attached hydrogens (tertiary/aromatic N) is 3. The summed E-state index contributed by atoms with van der Waals surface area (Å²) in [5.74, 6) is 1.40. The lowest BCUT2D eigenvalue weighted by Gasteiger charge is -2.54. The maximum Gasteiger partial charge on any atom is 0.272 e. The van der Waals surface area contributed by atoms with Crippen LogP contribution in [0.3, 0.4) is 0 Å². The molecular formula is C23H28N4OS. The second kappa shape index (κ2) is 7.10. The maximum atomic E-state index is 13.5. The first-order valence-electron chi connectivity index (χ1n) is 11.1. The quantitative estimate of drug-likeness (QED) is 0.759. The minimum atomic E-state index is 0.119. The zero-order chi connectivity index (χ0) is 19.4. The molecule has 2 bridgehead atoms. The minimum absolute atomic E-state index is 0.119. The summed E-state index contributed by atoms with van der Waals surface area (Å²) < 4.78 is 0. The molecule has 1 amide bonds. The van der Waals surface area contributed by atoms with Crippen molar-refractivity contribution in [1.29, 1.82) is 0 Å². The van der Waals surface area contributed by atoms with Gasteiger partial charge >= 0.3 is 0 Å². The fourth-order valence-corrected chi connectivity index (χ4v) is 6.99. The van der Waals surface area contributed by atoms with Crippen molar-refractivity contribution in [3.8, 4) is 11.3 Å². The van der Waals surface area contributed by atoms with Crippen LogP contribution in [0, 0.1) is 11.8 Å². The van der Waals surface area contributed by atoms with Crippen molar-refractivity contribution in [3.63, 3.8) is 0 Å². The molecule has 1 N–H and O–H groups in total. The molecule has 0 spiro atoms. The number of piperidine rings is 3. The number of aromatic amines is 1. The Kier molecular flexibility index (Phi) is 4.38. The van der Waals surface area contributed by atoms with Crippen molar-refractivity contribution < 1.29 is 4.79 Å². The predicted octanol–water partition coefficient (Wildman–Crippen LogP) is 4.17. The molecule has 1 aliphatic carbocycles.